The zero-order valence-corrected chi connectivity index (χ0v) is 18.1. The number of thioether (sulfide) groups is 1. The van der Waals surface area contributed by atoms with Crippen molar-refractivity contribution in [2.75, 3.05) is 5.75 Å². The molecular weight excluding hydrogens is 397 g/mol. The summed E-state index contributed by atoms with van der Waals surface area (Å²) in [7, 11) is -0.630. The van der Waals surface area contributed by atoms with Crippen LogP contribution in [0, 0.1) is 0 Å². The van der Waals surface area contributed by atoms with E-state index in [2.05, 4.69) is 4.98 Å². The minimum atomic E-state index is -0.630. The minimum Gasteiger partial charge on any atom is -0.505 e. The van der Waals surface area contributed by atoms with Crippen LogP contribution in [0.4, 0.5) is 0 Å². The lowest BCUT2D eigenvalue weighted by atomic mass is 9.78. The number of nitrogens with zero attached hydrogens (tertiary/aromatic N) is 1. The van der Waals surface area contributed by atoms with E-state index in [4.69, 9.17) is 20.9 Å². The summed E-state index contributed by atoms with van der Waals surface area (Å²) >= 11 is 7.56. The van der Waals surface area contributed by atoms with Gasteiger partial charge in [-0.1, -0.05) is 29.4 Å². The van der Waals surface area contributed by atoms with E-state index in [1.54, 1.807) is 30.5 Å². The summed E-state index contributed by atoms with van der Waals surface area (Å²) in [6, 6.07) is 5.26. The Balaban J connectivity index is 2.06. The van der Waals surface area contributed by atoms with Crippen LogP contribution in [-0.4, -0.2) is 39.3 Å². The van der Waals surface area contributed by atoms with Crippen LogP contribution in [0.5, 0.6) is 5.75 Å². The van der Waals surface area contributed by atoms with Crippen LogP contribution >= 0.6 is 23.4 Å². The van der Waals surface area contributed by atoms with Gasteiger partial charge in [0.05, 0.1) is 16.2 Å². The molecule has 8 heteroatoms. The number of phenols is 1. The molecule has 0 amide bonds. The number of hydrogen-bond acceptors (Lipinski definition) is 6. The third-order valence-corrected chi connectivity index (χ3v) is 6.38. The molecule has 3 rings (SSSR count). The van der Waals surface area contributed by atoms with Crippen molar-refractivity contribution in [3.8, 4) is 5.75 Å². The van der Waals surface area contributed by atoms with Gasteiger partial charge in [-0.05, 0) is 51.4 Å². The largest absolute Gasteiger partial charge is 0.505 e. The SMILES string of the molecule is CC(=O)SCC(=Cc1cc(Cl)c2cccnc2c1O)B1OC(C)(C)C(C)(C)O1. The number of aromatic nitrogens is 1. The average molecular weight is 420 g/mol. The van der Waals surface area contributed by atoms with Gasteiger partial charge < -0.3 is 14.4 Å². The molecule has 28 heavy (non-hydrogen) atoms. The second-order valence-electron chi connectivity index (χ2n) is 7.78. The van der Waals surface area contributed by atoms with E-state index in [1.165, 1.54) is 6.92 Å². The second kappa shape index (κ2) is 7.71. The first-order chi connectivity index (χ1) is 13.0. The molecule has 5 nitrogen and oxygen atoms in total. The van der Waals surface area contributed by atoms with Crippen molar-refractivity contribution in [3.05, 3.63) is 40.5 Å². The van der Waals surface area contributed by atoms with E-state index in [1.807, 2.05) is 27.7 Å². The standard InChI is InChI=1S/C20H23BClNO4S/c1-12(24)28-11-14(21-26-19(2,3)20(4,5)27-21)9-13-10-16(22)15-7-6-8-23-17(15)18(13)25/h6-10,25H,11H2,1-5H3. The quantitative estimate of drug-likeness (QED) is 0.712. The van der Waals surface area contributed by atoms with Gasteiger partial charge in [0.2, 0.25) is 0 Å². The summed E-state index contributed by atoms with van der Waals surface area (Å²) < 4.78 is 12.3. The van der Waals surface area contributed by atoms with Crippen LogP contribution in [0.2, 0.25) is 5.02 Å². The van der Waals surface area contributed by atoms with Crippen molar-refractivity contribution in [2.45, 2.75) is 45.8 Å². The molecule has 0 radical (unpaired) electrons. The Morgan fingerprint density at radius 3 is 2.57 bits per heavy atom. The first-order valence-corrected chi connectivity index (χ1v) is 10.3. The number of carbonyl (C=O) groups excluding carboxylic acids is 1. The van der Waals surface area contributed by atoms with Gasteiger partial charge in [0.1, 0.15) is 11.3 Å². The lowest BCUT2D eigenvalue weighted by molar-refractivity contribution is -0.109. The number of carbonyl (C=O) groups is 1. The first-order valence-electron chi connectivity index (χ1n) is 8.97. The predicted octanol–water partition coefficient (Wildman–Crippen LogP) is 4.89. The molecule has 0 atom stereocenters. The van der Waals surface area contributed by atoms with Gasteiger partial charge in [-0.3, -0.25) is 9.78 Å². The van der Waals surface area contributed by atoms with Crippen LogP contribution in [-0.2, 0) is 14.1 Å². The molecule has 2 aromatic rings. The maximum absolute atomic E-state index is 11.5. The maximum atomic E-state index is 11.5. The molecule has 0 spiro atoms. The first kappa shape index (κ1) is 21.2. The van der Waals surface area contributed by atoms with Gasteiger partial charge in [-0.15, -0.1) is 0 Å². The highest BCUT2D eigenvalue weighted by Crippen LogP contribution is 2.40. The van der Waals surface area contributed by atoms with Gasteiger partial charge >= 0.3 is 7.12 Å². The fourth-order valence-electron chi connectivity index (χ4n) is 2.87. The molecule has 1 fully saturated rings. The molecule has 0 saturated carbocycles. The lowest BCUT2D eigenvalue weighted by Crippen LogP contribution is -2.41. The third kappa shape index (κ3) is 4.08. The Labute approximate surface area is 174 Å². The van der Waals surface area contributed by atoms with Crippen LogP contribution in [0.25, 0.3) is 17.0 Å². The Morgan fingerprint density at radius 2 is 1.96 bits per heavy atom. The summed E-state index contributed by atoms with van der Waals surface area (Å²) in [6.07, 6.45) is 3.38. The number of hydrogen-bond donors (Lipinski definition) is 1. The van der Waals surface area contributed by atoms with Crippen molar-refractivity contribution >= 4 is 52.6 Å². The molecule has 1 aliphatic rings. The number of halogens is 1. The van der Waals surface area contributed by atoms with Crippen molar-refractivity contribution in [3.63, 3.8) is 0 Å². The van der Waals surface area contributed by atoms with E-state index >= 15 is 0 Å². The third-order valence-electron chi connectivity index (χ3n) is 5.18. The summed E-state index contributed by atoms with van der Waals surface area (Å²) in [5, 5.41) is 11.9. The zero-order chi connectivity index (χ0) is 20.7. The summed E-state index contributed by atoms with van der Waals surface area (Å²) in [5.74, 6) is 0.408. The normalized spacial score (nSPS) is 18.6. The molecule has 1 aromatic heterocycles. The Hall–Kier alpha value is -1.54. The molecule has 1 N–H and O–H groups in total. The van der Waals surface area contributed by atoms with Crippen molar-refractivity contribution in [1.82, 2.24) is 4.98 Å². The molecule has 0 aliphatic carbocycles. The molecule has 148 valence electrons. The van der Waals surface area contributed by atoms with Crippen LogP contribution < -0.4 is 0 Å². The highest BCUT2D eigenvalue weighted by Gasteiger charge is 2.52. The van der Waals surface area contributed by atoms with E-state index in [0.29, 0.717) is 27.2 Å². The van der Waals surface area contributed by atoms with E-state index in [0.717, 1.165) is 17.2 Å². The Kier molecular flexibility index (Phi) is 5.83. The molecule has 0 bridgehead atoms. The minimum absolute atomic E-state index is 0.00940. The maximum Gasteiger partial charge on any atom is 0.491 e. The number of rotatable bonds is 4. The molecule has 1 aliphatic heterocycles. The average Bonchev–Trinajstić information content (AvgIpc) is 2.83. The van der Waals surface area contributed by atoms with Gasteiger partial charge in [-0.2, -0.15) is 0 Å². The molecule has 1 saturated heterocycles. The van der Waals surface area contributed by atoms with Gasteiger partial charge in [0, 0.05) is 29.8 Å². The Morgan fingerprint density at radius 1 is 1.32 bits per heavy atom. The summed E-state index contributed by atoms with van der Waals surface area (Å²) in [4.78, 5) is 15.8. The fraction of sp³-hybridized carbons (Fsp3) is 0.400. The number of pyridine rings is 1. The summed E-state index contributed by atoms with van der Waals surface area (Å²) in [5.41, 5.74) is 0.643. The molecule has 1 aromatic carbocycles. The van der Waals surface area contributed by atoms with Crippen molar-refractivity contribution in [2.24, 2.45) is 0 Å². The lowest BCUT2D eigenvalue weighted by Gasteiger charge is -2.32. The zero-order valence-electron chi connectivity index (χ0n) is 16.6. The van der Waals surface area contributed by atoms with Crippen LogP contribution in [0.1, 0.15) is 40.2 Å². The van der Waals surface area contributed by atoms with Gasteiger partial charge in [-0.25, -0.2) is 0 Å². The molecule has 0 unspecified atom stereocenters. The highest BCUT2D eigenvalue weighted by atomic mass is 35.5. The van der Waals surface area contributed by atoms with Crippen LogP contribution in [0.15, 0.2) is 29.9 Å². The smallest absolute Gasteiger partial charge is 0.491 e. The highest BCUT2D eigenvalue weighted by molar-refractivity contribution is 8.13. The second-order valence-corrected chi connectivity index (χ2v) is 9.34. The number of benzene rings is 1. The van der Waals surface area contributed by atoms with Crippen molar-refractivity contribution in [1.29, 1.82) is 0 Å². The van der Waals surface area contributed by atoms with Crippen molar-refractivity contribution < 1.29 is 19.2 Å². The van der Waals surface area contributed by atoms with E-state index < -0.39 is 18.3 Å². The number of fused-ring (bicyclic) bond motifs is 1. The number of aromatic hydroxyl groups is 1. The number of phenolic OH excluding ortho intramolecular Hbond substituents is 1. The predicted molar refractivity (Wildman–Crippen MR) is 116 cm³/mol. The van der Waals surface area contributed by atoms with Gasteiger partial charge in [0.25, 0.3) is 0 Å². The monoisotopic (exact) mass is 419 g/mol. The Bertz CT molecular complexity index is 945. The van der Waals surface area contributed by atoms with E-state index in [9.17, 15) is 9.90 Å². The van der Waals surface area contributed by atoms with E-state index in [-0.39, 0.29) is 10.9 Å². The topological polar surface area (TPSA) is 68.7 Å². The molecular formula is C20H23BClNO4S. The van der Waals surface area contributed by atoms with Crippen LogP contribution in [0.3, 0.4) is 0 Å². The molecule has 2 heterocycles. The summed E-state index contributed by atoms with van der Waals surface area (Å²) in [6.45, 7) is 9.39. The fourth-order valence-corrected chi connectivity index (χ4v) is 3.73. The van der Waals surface area contributed by atoms with Gasteiger partial charge in [0.15, 0.2) is 5.12 Å².